The van der Waals surface area contributed by atoms with E-state index in [1.165, 1.54) is 25.3 Å². The van der Waals surface area contributed by atoms with E-state index in [0.717, 1.165) is 6.07 Å². The number of sulfone groups is 1. The molecule has 1 rings (SSSR count). The molecule has 0 saturated carbocycles. The van der Waals surface area contributed by atoms with E-state index in [0.29, 0.717) is 13.0 Å². The van der Waals surface area contributed by atoms with Gasteiger partial charge in [-0.05, 0) is 25.5 Å². The number of hydrogen-bond donors (Lipinski definition) is 1. The maximum Gasteiger partial charge on any atom is 0.501 e. The minimum absolute atomic E-state index is 0.0616. The van der Waals surface area contributed by atoms with Gasteiger partial charge in [-0.1, -0.05) is 12.1 Å². The topological polar surface area (TPSA) is 55.4 Å². The van der Waals surface area contributed by atoms with Gasteiger partial charge in [0.15, 0.2) is 0 Å². The number of para-hydroxylation sites is 1. The quantitative estimate of drug-likeness (QED) is 0.878. The van der Waals surface area contributed by atoms with Crippen LogP contribution < -0.4 is 5.32 Å². The lowest BCUT2D eigenvalue weighted by Gasteiger charge is -2.18. The number of ether oxygens (including phenoxy) is 1. The summed E-state index contributed by atoms with van der Waals surface area (Å²) in [5.41, 5.74) is -5.38. The molecule has 0 aliphatic rings. The molecule has 0 aliphatic carbocycles. The zero-order valence-corrected chi connectivity index (χ0v) is 11.9. The number of nitrogens with one attached hydrogen (secondary N) is 1. The monoisotopic (exact) mass is 311 g/mol. The predicted molar refractivity (Wildman–Crippen MR) is 69.3 cm³/mol. The zero-order chi connectivity index (χ0) is 15.4. The highest BCUT2D eigenvalue weighted by Gasteiger charge is 2.47. The fourth-order valence-electron chi connectivity index (χ4n) is 1.58. The van der Waals surface area contributed by atoms with Crippen LogP contribution in [0.3, 0.4) is 0 Å². The van der Waals surface area contributed by atoms with Crippen molar-refractivity contribution in [3.8, 4) is 0 Å². The minimum Gasteiger partial charge on any atom is -0.385 e. The van der Waals surface area contributed by atoms with E-state index < -0.39 is 20.2 Å². The van der Waals surface area contributed by atoms with Gasteiger partial charge in [0.1, 0.15) is 0 Å². The van der Waals surface area contributed by atoms with Gasteiger partial charge >= 0.3 is 5.51 Å². The van der Waals surface area contributed by atoms with Gasteiger partial charge in [0, 0.05) is 19.8 Å². The third-order valence-electron chi connectivity index (χ3n) is 2.64. The number of methoxy groups -OCH3 is 1. The van der Waals surface area contributed by atoms with Gasteiger partial charge in [0.05, 0.1) is 10.6 Å². The first-order chi connectivity index (χ1) is 9.20. The predicted octanol–water partition coefficient (Wildman–Crippen LogP) is 2.82. The standard InChI is InChI=1S/C12H16F3NO3S/c1-9(7-8-19-2)16-10-5-3-4-6-11(10)20(17,18)12(13,14)15/h3-6,9,16H,7-8H2,1-2H3. The number of alkyl halides is 3. The van der Waals surface area contributed by atoms with E-state index in [1.807, 2.05) is 0 Å². The Morgan fingerprint density at radius 3 is 2.45 bits per heavy atom. The summed E-state index contributed by atoms with van der Waals surface area (Å²) in [5.74, 6) is 0. The third-order valence-corrected chi connectivity index (χ3v) is 4.18. The molecule has 1 atom stereocenters. The van der Waals surface area contributed by atoms with Crippen LogP contribution in [0.2, 0.25) is 0 Å². The van der Waals surface area contributed by atoms with Crippen molar-refractivity contribution in [3.63, 3.8) is 0 Å². The van der Waals surface area contributed by atoms with Crippen LogP contribution in [0.1, 0.15) is 13.3 Å². The second-order valence-electron chi connectivity index (χ2n) is 4.27. The van der Waals surface area contributed by atoms with Crippen molar-refractivity contribution in [3.05, 3.63) is 24.3 Å². The Labute approximate surface area is 115 Å². The van der Waals surface area contributed by atoms with Crippen molar-refractivity contribution in [2.75, 3.05) is 19.0 Å². The van der Waals surface area contributed by atoms with E-state index in [1.54, 1.807) is 6.92 Å². The van der Waals surface area contributed by atoms with Crippen LogP contribution in [0.25, 0.3) is 0 Å². The van der Waals surface area contributed by atoms with E-state index in [4.69, 9.17) is 4.74 Å². The Hall–Kier alpha value is -1.28. The third kappa shape index (κ3) is 3.86. The van der Waals surface area contributed by atoms with E-state index in [-0.39, 0.29) is 11.7 Å². The Morgan fingerprint density at radius 1 is 1.30 bits per heavy atom. The first kappa shape index (κ1) is 16.8. The summed E-state index contributed by atoms with van der Waals surface area (Å²) < 4.78 is 65.6. The summed E-state index contributed by atoms with van der Waals surface area (Å²) >= 11 is 0. The second-order valence-corrected chi connectivity index (χ2v) is 6.18. The molecule has 0 amide bonds. The molecule has 1 aromatic rings. The molecule has 0 heterocycles. The number of rotatable bonds is 6. The van der Waals surface area contributed by atoms with E-state index in [2.05, 4.69) is 5.32 Å². The molecule has 4 nitrogen and oxygen atoms in total. The second kappa shape index (κ2) is 6.45. The number of halogens is 3. The molecule has 0 saturated heterocycles. The van der Waals surface area contributed by atoms with Crippen molar-refractivity contribution in [1.82, 2.24) is 0 Å². The molecule has 1 N–H and O–H groups in total. The van der Waals surface area contributed by atoms with Crippen LogP contribution >= 0.6 is 0 Å². The fraction of sp³-hybridized carbons (Fsp3) is 0.500. The number of hydrogen-bond acceptors (Lipinski definition) is 4. The van der Waals surface area contributed by atoms with Crippen molar-refractivity contribution >= 4 is 15.5 Å². The normalized spacial score (nSPS) is 14.1. The average Bonchev–Trinajstić information content (AvgIpc) is 2.35. The smallest absolute Gasteiger partial charge is 0.385 e. The fourth-order valence-corrected chi connectivity index (χ4v) is 2.50. The summed E-state index contributed by atoms with van der Waals surface area (Å²) in [6.45, 7) is 2.15. The van der Waals surface area contributed by atoms with Gasteiger partial charge < -0.3 is 10.1 Å². The molecule has 1 aromatic carbocycles. The Kier molecular flexibility index (Phi) is 5.41. The number of anilines is 1. The molecular weight excluding hydrogens is 295 g/mol. The summed E-state index contributed by atoms with van der Waals surface area (Å²) in [5, 5.41) is 2.76. The van der Waals surface area contributed by atoms with Crippen molar-refractivity contribution in [2.24, 2.45) is 0 Å². The molecule has 20 heavy (non-hydrogen) atoms. The molecule has 114 valence electrons. The van der Waals surface area contributed by atoms with Crippen LogP contribution in [-0.2, 0) is 14.6 Å². The largest absolute Gasteiger partial charge is 0.501 e. The SMILES string of the molecule is COCCC(C)Nc1ccccc1S(=O)(=O)C(F)(F)F. The van der Waals surface area contributed by atoms with Gasteiger partial charge in [0.2, 0.25) is 0 Å². The van der Waals surface area contributed by atoms with E-state index in [9.17, 15) is 21.6 Å². The molecule has 0 aliphatic heterocycles. The molecule has 1 unspecified atom stereocenters. The van der Waals surface area contributed by atoms with Crippen molar-refractivity contribution < 1.29 is 26.3 Å². The minimum atomic E-state index is -5.37. The Bertz CT molecular complexity index is 543. The molecular formula is C12H16F3NO3S. The van der Waals surface area contributed by atoms with Gasteiger partial charge in [-0.2, -0.15) is 13.2 Å². The zero-order valence-electron chi connectivity index (χ0n) is 11.1. The Balaban J connectivity index is 3.07. The van der Waals surface area contributed by atoms with Crippen molar-refractivity contribution in [1.29, 1.82) is 0 Å². The molecule has 0 radical (unpaired) electrons. The van der Waals surface area contributed by atoms with Crippen LogP contribution in [0.4, 0.5) is 18.9 Å². The van der Waals surface area contributed by atoms with Gasteiger partial charge in [-0.25, -0.2) is 8.42 Å². The number of benzene rings is 1. The first-order valence-electron chi connectivity index (χ1n) is 5.86. The van der Waals surface area contributed by atoms with Crippen molar-refractivity contribution in [2.45, 2.75) is 29.8 Å². The molecule has 0 aromatic heterocycles. The van der Waals surface area contributed by atoms with Crippen LogP contribution in [-0.4, -0.2) is 33.7 Å². The lowest BCUT2D eigenvalue weighted by Crippen LogP contribution is -2.26. The molecule has 8 heteroatoms. The maximum absolute atomic E-state index is 12.6. The Morgan fingerprint density at radius 2 is 1.90 bits per heavy atom. The van der Waals surface area contributed by atoms with Gasteiger partial charge in [-0.3, -0.25) is 0 Å². The molecule has 0 spiro atoms. The first-order valence-corrected chi connectivity index (χ1v) is 7.34. The lowest BCUT2D eigenvalue weighted by atomic mass is 10.2. The van der Waals surface area contributed by atoms with E-state index >= 15 is 0 Å². The highest BCUT2D eigenvalue weighted by Crippen LogP contribution is 2.34. The van der Waals surface area contributed by atoms with Gasteiger partial charge in [-0.15, -0.1) is 0 Å². The summed E-state index contributed by atoms with van der Waals surface area (Å²) in [4.78, 5) is -0.767. The highest BCUT2D eigenvalue weighted by atomic mass is 32.2. The maximum atomic E-state index is 12.6. The summed E-state index contributed by atoms with van der Waals surface area (Å²) in [6.07, 6.45) is 0.539. The lowest BCUT2D eigenvalue weighted by molar-refractivity contribution is -0.0435. The van der Waals surface area contributed by atoms with Crippen LogP contribution in [0, 0.1) is 0 Å². The molecule has 0 fully saturated rings. The van der Waals surface area contributed by atoms with Crippen LogP contribution in [0.15, 0.2) is 29.2 Å². The summed E-state index contributed by atoms with van der Waals surface area (Å²) in [6, 6.07) is 4.75. The molecule has 0 bridgehead atoms. The highest BCUT2D eigenvalue weighted by molar-refractivity contribution is 7.92. The van der Waals surface area contributed by atoms with Gasteiger partial charge in [0.25, 0.3) is 9.84 Å². The summed E-state index contributed by atoms with van der Waals surface area (Å²) in [7, 11) is -3.86. The van der Waals surface area contributed by atoms with Crippen LogP contribution in [0.5, 0.6) is 0 Å². The average molecular weight is 311 g/mol.